The maximum absolute atomic E-state index is 13.1. The Bertz CT molecular complexity index is 1060. The summed E-state index contributed by atoms with van der Waals surface area (Å²) in [5.41, 5.74) is 1.74. The summed E-state index contributed by atoms with van der Waals surface area (Å²) in [6.07, 6.45) is 4.70. The van der Waals surface area contributed by atoms with Crippen molar-refractivity contribution in [3.05, 3.63) is 76.9 Å². The summed E-state index contributed by atoms with van der Waals surface area (Å²) in [4.78, 5) is 51.6. The van der Waals surface area contributed by atoms with Gasteiger partial charge in [-0.15, -0.1) is 0 Å². The van der Waals surface area contributed by atoms with Crippen molar-refractivity contribution in [2.24, 2.45) is 0 Å². The topological polar surface area (TPSA) is 92.8 Å². The van der Waals surface area contributed by atoms with E-state index in [1.807, 2.05) is 30.3 Å². The summed E-state index contributed by atoms with van der Waals surface area (Å²) < 4.78 is 5.22. The van der Waals surface area contributed by atoms with Gasteiger partial charge in [0.2, 0.25) is 5.91 Å². The zero-order chi connectivity index (χ0) is 21.8. The van der Waals surface area contributed by atoms with E-state index in [0.29, 0.717) is 18.5 Å². The van der Waals surface area contributed by atoms with Crippen LogP contribution in [0.25, 0.3) is 6.08 Å². The third kappa shape index (κ3) is 4.26. The zero-order valence-electron chi connectivity index (χ0n) is 16.9. The lowest BCUT2D eigenvalue weighted by Crippen LogP contribution is -2.48. The van der Waals surface area contributed by atoms with E-state index < -0.39 is 23.8 Å². The molecule has 2 aromatic carbocycles. The molecule has 0 radical (unpaired) electrons. The number of hydrogen-bond donors (Lipinski definition) is 1. The quantitative estimate of drug-likeness (QED) is 0.458. The van der Waals surface area contributed by atoms with E-state index in [2.05, 4.69) is 5.32 Å². The van der Waals surface area contributed by atoms with Crippen LogP contribution in [0.2, 0.25) is 0 Å². The number of benzene rings is 2. The Morgan fingerprint density at radius 1 is 1.03 bits per heavy atom. The molecular weight excluding hydrogens is 396 g/mol. The molecule has 0 aromatic heterocycles. The molecule has 0 spiro atoms. The average Bonchev–Trinajstić information content (AvgIpc) is 2.91. The first-order valence-electron chi connectivity index (χ1n) is 10.2. The van der Waals surface area contributed by atoms with Crippen LogP contribution in [0.5, 0.6) is 0 Å². The van der Waals surface area contributed by atoms with Gasteiger partial charge in [0.05, 0.1) is 11.1 Å². The number of carbonyl (C=O) groups is 4. The summed E-state index contributed by atoms with van der Waals surface area (Å²) in [5, 5.41) is 2.76. The van der Waals surface area contributed by atoms with Crippen LogP contribution in [0.1, 0.15) is 51.1 Å². The average molecular weight is 418 g/mol. The first-order valence-corrected chi connectivity index (χ1v) is 10.2. The molecule has 0 unspecified atom stereocenters. The van der Waals surface area contributed by atoms with E-state index in [1.54, 1.807) is 18.2 Å². The normalized spacial score (nSPS) is 18.6. The largest absolute Gasteiger partial charge is 0.458 e. The van der Waals surface area contributed by atoms with Crippen molar-refractivity contribution in [2.45, 2.75) is 31.9 Å². The minimum Gasteiger partial charge on any atom is -0.458 e. The Hall–Kier alpha value is -3.74. The minimum absolute atomic E-state index is 0.138. The molecule has 1 N–H and O–H groups in total. The second-order valence-corrected chi connectivity index (χ2v) is 7.48. The van der Waals surface area contributed by atoms with Gasteiger partial charge in [-0.2, -0.15) is 0 Å². The molecule has 7 heteroatoms. The van der Waals surface area contributed by atoms with E-state index in [9.17, 15) is 19.2 Å². The van der Waals surface area contributed by atoms with Crippen LogP contribution in [0.15, 0.2) is 54.6 Å². The summed E-state index contributed by atoms with van der Waals surface area (Å²) in [7, 11) is 0. The van der Waals surface area contributed by atoms with Crippen LogP contribution in [-0.4, -0.2) is 41.2 Å². The number of rotatable bonds is 5. The van der Waals surface area contributed by atoms with Gasteiger partial charge in [-0.1, -0.05) is 42.5 Å². The standard InChI is InChI=1S/C24H22N2O5/c27-20(31-15-16-7-2-1-3-8-16)13-12-17-9-6-10-18-21(17)24(30)26(23(18)29)19-11-4-5-14-25-22(19)28/h1-3,6-10,12-13,19H,4-5,11,14-15H2,(H,25,28)/b13-12+/t19-/m0/s1. The highest BCUT2D eigenvalue weighted by Crippen LogP contribution is 2.30. The fourth-order valence-electron chi connectivity index (χ4n) is 3.86. The molecule has 0 saturated carbocycles. The van der Waals surface area contributed by atoms with Crippen molar-refractivity contribution in [3.63, 3.8) is 0 Å². The van der Waals surface area contributed by atoms with Crippen LogP contribution < -0.4 is 5.32 Å². The highest BCUT2D eigenvalue weighted by Gasteiger charge is 2.43. The molecule has 2 aromatic rings. The second-order valence-electron chi connectivity index (χ2n) is 7.48. The number of nitrogens with one attached hydrogen (secondary N) is 1. The SMILES string of the molecule is O=C(/C=C/c1cccc2c1C(=O)N([C@H]1CCCCNC1=O)C2=O)OCc1ccccc1. The van der Waals surface area contributed by atoms with Crippen LogP contribution in [-0.2, 0) is 20.9 Å². The molecule has 2 aliphatic rings. The smallest absolute Gasteiger partial charge is 0.331 e. The summed E-state index contributed by atoms with van der Waals surface area (Å²) in [6, 6.07) is 13.3. The second kappa shape index (κ2) is 8.95. The molecule has 3 amide bonds. The number of imide groups is 1. The molecule has 0 aliphatic carbocycles. The zero-order valence-corrected chi connectivity index (χ0v) is 16.9. The highest BCUT2D eigenvalue weighted by atomic mass is 16.5. The fourth-order valence-corrected chi connectivity index (χ4v) is 3.86. The van der Waals surface area contributed by atoms with E-state index in [4.69, 9.17) is 4.74 Å². The van der Waals surface area contributed by atoms with Crippen molar-refractivity contribution >= 4 is 29.8 Å². The van der Waals surface area contributed by atoms with E-state index in [-0.39, 0.29) is 23.6 Å². The van der Waals surface area contributed by atoms with Crippen molar-refractivity contribution < 1.29 is 23.9 Å². The predicted molar refractivity (Wildman–Crippen MR) is 113 cm³/mol. The van der Waals surface area contributed by atoms with Crippen LogP contribution in [0.3, 0.4) is 0 Å². The molecular formula is C24H22N2O5. The Balaban J connectivity index is 1.52. The van der Waals surface area contributed by atoms with Gasteiger partial charge in [0, 0.05) is 12.6 Å². The molecule has 1 atom stereocenters. The first-order chi connectivity index (χ1) is 15.1. The Kier molecular flexibility index (Phi) is 5.93. The van der Waals surface area contributed by atoms with Crippen molar-refractivity contribution in [1.82, 2.24) is 10.2 Å². The van der Waals surface area contributed by atoms with Gasteiger partial charge < -0.3 is 10.1 Å². The third-order valence-electron chi connectivity index (χ3n) is 5.42. The molecule has 1 fully saturated rings. The number of hydrogen-bond acceptors (Lipinski definition) is 5. The lowest BCUT2D eigenvalue weighted by Gasteiger charge is -2.23. The maximum atomic E-state index is 13.1. The summed E-state index contributed by atoms with van der Waals surface area (Å²) in [5.74, 6) is -1.87. The van der Waals surface area contributed by atoms with Gasteiger partial charge in [0.15, 0.2) is 0 Å². The van der Waals surface area contributed by atoms with Crippen LogP contribution in [0.4, 0.5) is 0 Å². The molecule has 0 bridgehead atoms. The number of carbonyl (C=O) groups excluding carboxylic acids is 4. The highest BCUT2D eigenvalue weighted by molar-refractivity contribution is 6.24. The lowest BCUT2D eigenvalue weighted by molar-refractivity contribution is -0.138. The Labute approximate surface area is 179 Å². The molecule has 31 heavy (non-hydrogen) atoms. The lowest BCUT2D eigenvalue weighted by atomic mass is 10.0. The fraction of sp³-hybridized carbons (Fsp3) is 0.250. The minimum atomic E-state index is -0.817. The molecule has 158 valence electrons. The predicted octanol–water partition coefficient (Wildman–Crippen LogP) is 2.71. The first kappa shape index (κ1) is 20.5. The Morgan fingerprint density at radius 3 is 2.65 bits per heavy atom. The number of fused-ring (bicyclic) bond motifs is 1. The van der Waals surface area contributed by atoms with E-state index >= 15 is 0 Å². The van der Waals surface area contributed by atoms with E-state index in [0.717, 1.165) is 23.3 Å². The summed E-state index contributed by atoms with van der Waals surface area (Å²) >= 11 is 0. The molecule has 1 saturated heterocycles. The van der Waals surface area contributed by atoms with Gasteiger partial charge in [-0.25, -0.2) is 4.79 Å². The van der Waals surface area contributed by atoms with Gasteiger partial charge in [0.25, 0.3) is 11.8 Å². The summed E-state index contributed by atoms with van der Waals surface area (Å²) in [6.45, 7) is 0.677. The van der Waals surface area contributed by atoms with Gasteiger partial charge >= 0.3 is 5.97 Å². The molecule has 2 heterocycles. The van der Waals surface area contributed by atoms with Crippen LogP contribution >= 0.6 is 0 Å². The Morgan fingerprint density at radius 2 is 1.84 bits per heavy atom. The van der Waals surface area contributed by atoms with Crippen LogP contribution in [0, 0.1) is 0 Å². The monoisotopic (exact) mass is 418 g/mol. The number of amides is 3. The van der Waals surface area contributed by atoms with Gasteiger partial charge in [0.1, 0.15) is 12.6 Å². The van der Waals surface area contributed by atoms with Crippen molar-refractivity contribution in [3.8, 4) is 0 Å². The number of ether oxygens (including phenoxy) is 1. The third-order valence-corrected chi connectivity index (χ3v) is 5.42. The van der Waals surface area contributed by atoms with Crippen molar-refractivity contribution in [1.29, 1.82) is 0 Å². The van der Waals surface area contributed by atoms with Gasteiger partial charge in [-0.3, -0.25) is 19.3 Å². The molecule has 4 rings (SSSR count). The van der Waals surface area contributed by atoms with Gasteiger partial charge in [-0.05, 0) is 42.5 Å². The molecule has 7 nitrogen and oxygen atoms in total. The maximum Gasteiger partial charge on any atom is 0.331 e. The number of esters is 1. The van der Waals surface area contributed by atoms with E-state index in [1.165, 1.54) is 12.2 Å². The molecule has 2 aliphatic heterocycles. The van der Waals surface area contributed by atoms with Crippen molar-refractivity contribution in [2.75, 3.05) is 6.54 Å². The number of nitrogens with zero attached hydrogens (tertiary/aromatic N) is 1.